The number of nitrogens with zero attached hydrogens (tertiary/aromatic N) is 2. The number of ether oxygens (including phenoxy) is 1. The molecule has 6 heteroatoms. The predicted molar refractivity (Wildman–Crippen MR) is 89.7 cm³/mol. The van der Waals surface area contributed by atoms with Crippen LogP contribution in [0.5, 0.6) is 0 Å². The summed E-state index contributed by atoms with van der Waals surface area (Å²) in [7, 11) is 0. The van der Waals surface area contributed by atoms with E-state index in [1.807, 2.05) is 30.3 Å². The number of rotatable bonds is 3. The number of hydrogen-bond donors (Lipinski definition) is 1. The van der Waals surface area contributed by atoms with E-state index in [9.17, 15) is 9.59 Å². The molecule has 0 bridgehead atoms. The summed E-state index contributed by atoms with van der Waals surface area (Å²) in [5.74, 6) is 0.0940. The van der Waals surface area contributed by atoms with Crippen LogP contribution < -0.4 is 5.56 Å². The van der Waals surface area contributed by atoms with Crippen LogP contribution in [0.4, 0.5) is 0 Å². The Balaban J connectivity index is 1.84. The fourth-order valence-electron chi connectivity index (χ4n) is 2.80. The third-order valence-corrected chi connectivity index (χ3v) is 4.22. The average Bonchev–Trinajstić information content (AvgIpc) is 2.62. The minimum Gasteiger partial charge on any atom is -0.366 e. The minimum absolute atomic E-state index is 0.0457. The molecule has 126 valence electrons. The van der Waals surface area contributed by atoms with Gasteiger partial charge in [0.05, 0.1) is 18.8 Å². The van der Waals surface area contributed by atoms with Gasteiger partial charge in [-0.1, -0.05) is 44.2 Å². The number of H-pyrrole nitrogens is 1. The molecule has 0 spiro atoms. The van der Waals surface area contributed by atoms with E-state index < -0.39 is 0 Å². The second kappa shape index (κ2) is 6.97. The van der Waals surface area contributed by atoms with Crippen molar-refractivity contribution in [3.8, 4) is 0 Å². The zero-order chi connectivity index (χ0) is 17.1. The van der Waals surface area contributed by atoms with Crippen molar-refractivity contribution in [2.24, 2.45) is 5.92 Å². The largest absolute Gasteiger partial charge is 0.366 e. The molecule has 1 saturated heterocycles. The van der Waals surface area contributed by atoms with Crippen molar-refractivity contribution in [2.75, 3.05) is 13.1 Å². The third kappa shape index (κ3) is 3.54. The summed E-state index contributed by atoms with van der Waals surface area (Å²) in [6.07, 6.45) is 2.28. The first-order chi connectivity index (χ1) is 11.5. The Bertz CT molecular complexity index is 737. The lowest BCUT2D eigenvalue weighted by molar-refractivity contribution is -0.0955. The van der Waals surface area contributed by atoms with E-state index in [2.05, 4.69) is 23.8 Å². The summed E-state index contributed by atoms with van der Waals surface area (Å²) in [4.78, 5) is 32.1. The Kier molecular flexibility index (Phi) is 4.76. The summed E-state index contributed by atoms with van der Waals surface area (Å²) in [6.45, 7) is 5.14. The maximum atomic E-state index is 12.7. The van der Waals surface area contributed by atoms with Crippen LogP contribution in [0.3, 0.4) is 0 Å². The van der Waals surface area contributed by atoms with Crippen molar-refractivity contribution in [3.63, 3.8) is 0 Å². The van der Waals surface area contributed by atoms with Gasteiger partial charge in [-0.05, 0) is 11.5 Å². The molecule has 2 aromatic rings. The summed E-state index contributed by atoms with van der Waals surface area (Å²) in [5.41, 5.74) is 0.969. The highest BCUT2D eigenvalue weighted by Gasteiger charge is 2.33. The molecule has 1 aromatic carbocycles. The van der Waals surface area contributed by atoms with Crippen LogP contribution in [0.1, 0.15) is 36.0 Å². The van der Waals surface area contributed by atoms with E-state index in [1.165, 1.54) is 6.20 Å². The molecule has 1 fully saturated rings. The Morgan fingerprint density at radius 3 is 2.67 bits per heavy atom. The van der Waals surface area contributed by atoms with Crippen LogP contribution in [0, 0.1) is 5.92 Å². The summed E-state index contributed by atoms with van der Waals surface area (Å²) in [6, 6.07) is 9.91. The van der Waals surface area contributed by atoms with Crippen LogP contribution >= 0.6 is 0 Å². The van der Waals surface area contributed by atoms with E-state index in [1.54, 1.807) is 4.90 Å². The lowest BCUT2D eigenvalue weighted by Gasteiger charge is -2.39. The maximum absolute atomic E-state index is 12.7. The Morgan fingerprint density at radius 2 is 2.04 bits per heavy atom. The van der Waals surface area contributed by atoms with Gasteiger partial charge in [0.2, 0.25) is 0 Å². The molecule has 0 saturated carbocycles. The second-order valence-corrected chi connectivity index (χ2v) is 6.32. The average molecular weight is 327 g/mol. The number of hydrogen-bond acceptors (Lipinski definition) is 4. The van der Waals surface area contributed by atoms with E-state index >= 15 is 0 Å². The van der Waals surface area contributed by atoms with Crippen LogP contribution in [0.2, 0.25) is 0 Å². The zero-order valence-electron chi connectivity index (χ0n) is 13.8. The van der Waals surface area contributed by atoms with Crippen molar-refractivity contribution < 1.29 is 9.53 Å². The van der Waals surface area contributed by atoms with E-state index in [4.69, 9.17) is 4.74 Å². The standard InChI is InChI=1S/C18H21N3O3/c1-12(2)15-10-21(18(23)14-8-20-17(22)9-19-14)11-16(24-15)13-6-4-3-5-7-13/h3-9,12,15-16H,10-11H2,1-2H3,(H,20,22)/t15-,16+/m1/s1. The lowest BCUT2D eigenvalue weighted by atomic mass is 10.0. The van der Waals surface area contributed by atoms with E-state index in [-0.39, 0.29) is 35.3 Å². The van der Waals surface area contributed by atoms with Gasteiger partial charge in [-0.3, -0.25) is 9.59 Å². The normalized spacial score (nSPS) is 21.0. The number of amides is 1. The molecule has 0 aliphatic carbocycles. The quantitative estimate of drug-likeness (QED) is 0.936. The van der Waals surface area contributed by atoms with Crippen LogP contribution in [-0.2, 0) is 4.74 Å². The molecule has 0 unspecified atom stereocenters. The highest BCUT2D eigenvalue weighted by molar-refractivity contribution is 5.92. The minimum atomic E-state index is -0.323. The third-order valence-electron chi connectivity index (χ3n) is 4.22. The molecule has 3 rings (SSSR count). The summed E-state index contributed by atoms with van der Waals surface area (Å²) in [5, 5.41) is 0. The van der Waals surface area contributed by atoms with Crippen molar-refractivity contribution >= 4 is 5.91 Å². The smallest absolute Gasteiger partial charge is 0.274 e. The van der Waals surface area contributed by atoms with Gasteiger partial charge in [-0.25, -0.2) is 4.98 Å². The number of carbonyl (C=O) groups excluding carboxylic acids is 1. The topological polar surface area (TPSA) is 75.3 Å². The van der Waals surface area contributed by atoms with Crippen molar-refractivity contribution in [3.05, 3.63) is 64.3 Å². The van der Waals surface area contributed by atoms with E-state index in [0.717, 1.165) is 11.8 Å². The Hall–Kier alpha value is -2.47. The molecule has 1 amide bonds. The highest BCUT2D eigenvalue weighted by atomic mass is 16.5. The van der Waals surface area contributed by atoms with E-state index in [0.29, 0.717) is 13.1 Å². The number of aromatic amines is 1. The first-order valence-electron chi connectivity index (χ1n) is 8.09. The molecule has 2 atom stereocenters. The highest BCUT2D eigenvalue weighted by Crippen LogP contribution is 2.28. The second-order valence-electron chi connectivity index (χ2n) is 6.32. The molecular weight excluding hydrogens is 306 g/mol. The summed E-state index contributed by atoms with van der Waals surface area (Å²) >= 11 is 0. The monoisotopic (exact) mass is 327 g/mol. The Labute approximate surface area is 140 Å². The molecule has 1 aromatic heterocycles. The predicted octanol–water partition coefficient (Wildman–Crippen LogP) is 2.01. The first kappa shape index (κ1) is 16.4. The number of benzene rings is 1. The molecule has 1 aliphatic heterocycles. The van der Waals surface area contributed by atoms with Gasteiger partial charge in [0.1, 0.15) is 11.8 Å². The van der Waals surface area contributed by atoms with Gasteiger partial charge >= 0.3 is 0 Å². The van der Waals surface area contributed by atoms with Crippen molar-refractivity contribution in [2.45, 2.75) is 26.1 Å². The number of nitrogens with one attached hydrogen (secondary N) is 1. The van der Waals surface area contributed by atoms with Crippen molar-refractivity contribution in [1.82, 2.24) is 14.9 Å². The summed E-state index contributed by atoms with van der Waals surface area (Å²) < 4.78 is 6.20. The molecule has 0 radical (unpaired) electrons. The molecular formula is C18H21N3O3. The lowest BCUT2D eigenvalue weighted by Crippen LogP contribution is -2.48. The molecule has 24 heavy (non-hydrogen) atoms. The zero-order valence-corrected chi connectivity index (χ0v) is 13.8. The van der Waals surface area contributed by atoms with Gasteiger partial charge in [-0.15, -0.1) is 0 Å². The van der Waals surface area contributed by atoms with Gasteiger partial charge in [0, 0.05) is 12.7 Å². The number of morpholine rings is 1. The molecule has 1 aliphatic rings. The van der Waals surface area contributed by atoms with Gasteiger partial charge in [0.25, 0.3) is 11.5 Å². The van der Waals surface area contributed by atoms with Gasteiger partial charge in [-0.2, -0.15) is 0 Å². The first-order valence-corrected chi connectivity index (χ1v) is 8.09. The van der Waals surface area contributed by atoms with Crippen LogP contribution in [0.15, 0.2) is 47.5 Å². The Morgan fingerprint density at radius 1 is 1.29 bits per heavy atom. The SMILES string of the molecule is CC(C)[C@H]1CN(C(=O)c2c[nH]c(=O)cn2)C[C@@H](c2ccccc2)O1. The van der Waals surface area contributed by atoms with Crippen LogP contribution in [-0.4, -0.2) is 40.0 Å². The van der Waals surface area contributed by atoms with Gasteiger partial charge in [0.15, 0.2) is 0 Å². The fraction of sp³-hybridized carbons (Fsp3) is 0.389. The fourth-order valence-corrected chi connectivity index (χ4v) is 2.80. The number of carbonyl (C=O) groups is 1. The maximum Gasteiger partial charge on any atom is 0.274 e. The molecule has 2 heterocycles. The number of aromatic nitrogens is 2. The van der Waals surface area contributed by atoms with Crippen LogP contribution in [0.25, 0.3) is 0 Å². The van der Waals surface area contributed by atoms with Crippen molar-refractivity contribution in [1.29, 1.82) is 0 Å². The van der Waals surface area contributed by atoms with Gasteiger partial charge < -0.3 is 14.6 Å². The molecule has 1 N–H and O–H groups in total. The molecule has 6 nitrogen and oxygen atoms in total.